The Hall–Kier alpha value is -2.62. The molecule has 0 N–H and O–H groups in total. The number of furan rings is 1. The Morgan fingerprint density at radius 2 is 1.90 bits per heavy atom. The van der Waals surface area contributed by atoms with E-state index in [-0.39, 0.29) is 11.7 Å². The SMILES string of the molecule is CN(Cc1ccoc1)C(=O)c1ccc(F)c2ccccc12. The maximum absolute atomic E-state index is 13.8. The first-order chi connectivity index (χ1) is 10.2. The van der Waals surface area contributed by atoms with E-state index in [1.54, 1.807) is 48.7 Å². The molecule has 4 heteroatoms. The summed E-state index contributed by atoms with van der Waals surface area (Å²) in [5.74, 6) is -0.466. The summed E-state index contributed by atoms with van der Waals surface area (Å²) in [4.78, 5) is 14.2. The van der Waals surface area contributed by atoms with Gasteiger partial charge in [0, 0.05) is 30.1 Å². The molecule has 0 fully saturated rings. The molecular weight excluding hydrogens is 269 g/mol. The summed E-state index contributed by atoms with van der Waals surface area (Å²) in [6, 6.07) is 11.7. The van der Waals surface area contributed by atoms with Gasteiger partial charge in [0.1, 0.15) is 5.82 Å². The van der Waals surface area contributed by atoms with Crippen LogP contribution in [0.15, 0.2) is 59.4 Å². The van der Waals surface area contributed by atoms with Crippen LogP contribution in [0.3, 0.4) is 0 Å². The Bertz CT molecular complexity index is 781. The van der Waals surface area contributed by atoms with Gasteiger partial charge in [-0.25, -0.2) is 4.39 Å². The van der Waals surface area contributed by atoms with Crippen molar-refractivity contribution in [3.63, 3.8) is 0 Å². The van der Waals surface area contributed by atoms with Crippen molar-refractivity contribution in [3.8, 4) is 0 Å². The van der Waals surface area contributed by atoms with Gasteiger partial charge in [0.2, 0.25) is 0 Å². The smallest absolute Gasteiger partial charge is 0.254 e. The van der Waals surface area contributed by atoms with Crippen LogP contribution in [0.5, 0.6) is 0 Å². The van der Waals surface area contributed by atoms with Crippen molar-refractivity contribution in [3.05, 3.63) is 71.9 Å². The summed E-state index contributed by atoms with van der Waals surface area (Å²) in [7, 11) is 1.72. The second-order valence-electron chi connectivity index (χ2n) is 4.93. The van der Waals surface area contributed by atoms with Crippen molar-refractivity contribution in [2.75, 3.05) is 7.05 Å². The lowest BCUT2D eigenvalue weighted by atomic mass is 10.0. The minimum Gasteiger partial charge on any atom is -0.472 e. The zero-order valence-corrected chi connectivity index (χ0v) is 11.5. The van der Waals surface area contributed by atoms with Crippen LogP contribution in [0.2, 0.25) is 0 Å². The van der Waals surface area contributed by atoms with Crippen molar-refractivity contribution in [1.82, 2.24) is 4.90 Å². The summed E-state index contributed by atoms with van der Waals surface area (Å²) in [6.45, 7) is 0.445. The van der Waals surface area contributed by atoms with E-state index >= 15 is 0 Å². The molecule has 0 radical (unpaired) electrons. The van der Waals surface area contributed by atoms with Crippen molar-refractivity contribution in [2.24, 2.45) is 0 Å². The minimum atomic E-state index is -0.320. The van der Waals surface area contributed by atoms with E-state index in [2.05, 4.69) is 0 Å². The van der Waals surface area contributed by atoms with Gasteiger partial charge < -0.3 is 9.32 Å². The van der Waals surface area contributed by atoms with Gasteiger partial charge in [-0.3, -0.25) is 4.79 Å². The van der Waals surface area contributed by atoms with Crippen LogP contribution in [0, 0.1) is 5.82 Å². The third-order valence-corrected chi connectivity index (χ3v) is 3.45. The van der Waals surface area contributed by atoms with E-state index in [1.807, 2.05) is 6.07 Å². The van der Waals surface area contributed by atoms with Crippen LogP contribution in [0.1, 0.15) is 15.9 Å². The average molecular weight is 283 g/mol. The van der Waals surface area contributed by atoms with Crippen LogP contribution in [-0.4, -0.2) is 17.9 Å². The van der Waals surface area contributed by atoms with E-state index in [0.717, 1.165) is 5.56 Å². The Morgan fingerprint density at radius 1 is 1.14 bits per heavy atom. The number of amides is 1. The first kappa shape index (κ1) is 13.4. The van der Waals surface area contributed by atoms with Crippen molar-refractivity contribution < 1.29 is 13.6 Å². The molecule has 0 aliphatic carbocycles. The predicted molar refractivity (Wildman–Crippen MR) is 78.4 cm³/mol. The number of nitrogens with zero attached hydrogens (tertiary/aromatic N) is 1. The third-order valence-electron chi connectivity index (χ3n) is 3.45. The van der Waals surface area contributed by atoms with E-state index in [4.69, 9.17) is 4.42 Å². The molecule has 0 aliphatic heterocycles. The van der Waals surface area contributed by atoms with Gasteiger partial charge in [0.15, 0.2) is 0 Å². The second-order valence-corrected chi connectivity index (χ2v) is 4.93. The Morgan fingerprint density at radius 3 is 2.62 bits per heavy atom. The highest BCUT2D eigenvalue weighted by Crippen LogP contribution is 2.23. The Labute approximate surface area is 121 Å². The monoisotopic (exact) mass is 283 g/mol. The van der Waals surface area contributed by atoms with Gasteiger partial charge in [-0.05, 0) is 23.6 Å². The number of halogens is 1. The van der Waals surface area contributed by atoms with Gasteiger partial charge in [0.25, 0.3) is 5.91 Å². The van der Waals surface area contributed by atoms with Gasteiger partial charge in [-0.1, -0.05) is 24.3 Å². The van der Waals surface area contributed by atoms with Crippen molar-refractivity contribution >= 4 is 16.7 Å². The molecule has 21 heavy (non-hydrogen) atoms. The number of fused-ring (bicyclic) bond motifs is 1. The number of carbonyl (C=O) groups excluding carboxylic acids is 1. The molecule has 0 atom stereocenters. The molecule has 1 heterocycles. The van der Waals surface area contributed by atoms with Crippen molar-refractivity contribution in [2.45, 2.75) is 6.54 Å². The normalized spacial score (nSPS) is 10.8. The summed E-state index contributed by atoms with van der Waals surface area (Å²) < 4.78 is 18.8. The van der Waals surface area contributed by atoms with E-state index in [0.29, 0.717) is 22.9 Å². The van der Waals surface area contributed by atoms with Crippen LogP contribution in [0.4, 0.5) is 4.39 Å². The molecule has 3 nitrogen and oxygen atoms in total. The summed E-state index contributed by atoms with van der Waals surface area (Å²) >= 11 is 0. The maximum atomic E-state index is 13.8. The van der Waals surface area contributed by atoms with Gasteiger partial charge in [-0.15, -0.1) is 0 Å². The van der Waals surface area contributed by atoms with Crippen LogP contribution in [-0.2, 0) is 6.54 Å². The summed E-state index contributed by atoms with van der Waals surface area (Å²) in [5, 5.41) is 1.08. The molecule has 1 amide bonds. The van der Waals surface area contributed by atoms with Crippen molar-refractivity contribution in [1.29, 1.82) is 0 Å². The van der Waals surface area contributed by atoms with E-state index in [9.17, 15) is 9.18 Å². The average Bonchev–Trinajstić information content (AvgIpc) is 3.00. The fourth-order valence-electron chi connectivity index (χ4n) is 2.38. The van der Waals surface area contributed by atoms with Gasteiger partial charge in [-0.2, -0.15) is 0 Å². The maximum Gasteiger partial charge on any atom is 0.254 e. The first-order valence-corrected chi connectivity index (χ1v) is 6.60. The molecule has 0 saturated carbocycles. The molecule has 0 bridgehead atoms. The number of hydrogen-bond acceptors (Lipinski definition) is 2. The largest absolute Gasteiger partial charge is 0.472 e. The highest BCUT2D eigenvalue weighted by Gasteiger charge is 2.16. The van der Waals surface area contributed by atoms with Crippen LogP contribution >= 0.6 is 0 Å². The predicted octanol–water partition coefficient (Wildman–Crippen LogP) is 3.84. The molecule has 106 valence electrons. The molecule has 2 aromatic carbocycles. The van der Waals surface area contributed by atoms with E-state index in [1.165, 1.54) is 12.1 Å². The molecule has 1 aromatic heterocycles. The van der Waals surface area contributed by atoms with Gasteiger partial charge >= 0.3 is 0 Å². The standard InChI is InChI=1S/C17H14FNO2/c1-19(10-12-8-9-21-11-12)17(20)15-6-7-16(18)14-5-3-2-4-13(14)15/h2-9,11H,10H2,1H3. The molecule has 0 aliphatic rings. The number of rotatable bonds is 3. The third kappa shape index (κ3) is 2.52. The quantitative estimate of drug-likeness (QED) is 0.731. The van der Waals surface area contributed by atoms with E-state index < -0.39 is 0 Å². The number of benzene rings is 2. The summed E-state index contributed by atoms with van der Waals surface area (Å²) in [5.41, 5.74) is 1.41. The fourth-order valence-corrected chi connectivity index (χ4v) is 2.38. The van der Waals surface area contributed by atoms with Crippen LogP contribution < -0.4 is 0 Å². The zero-order valence-electron chi connectivity index (χ0n) is 11.5. The lowest BCUT2D eigenvalue weighted by molar-refractivity contribution is 0.0787. The van der Waals surface area contributed by atoms with Crippen LogP contribution in [0.25, 0.3) is 10.8 Å². The number of hydrogen-bond donors (Lipinski definition) is 0. The second kappa shape index (κ2) is 5.40. The molecule has 0 spiro atoms. The van der Waals surface area contributed by atoms with Gasteiger partial charge in [0.05, 0.1) is 12.5 Å². The molecule has 0 unspecified atom stereocenters. The molecule has 0 saturated heterocycles. The molecule has 3 rings (SSSR count). The minimum absolute atomic E-state index is 0.146. The molecular formula is C17H14FNO2. The molecule has 3 aromatic rings. The topological polar surface area (TPSA) is 33.5 Å². The Balaban J connectivity index is 1.96. The lowest BCUT2D eigenvalue weighted by Gasteiger charge is -2.17. The fraction of sp³-hybridized carbons (Fsp3) is 0.118. The Kier molecular flexibility index (Phi) is 3.44. The first-order valence-electron chi connectivity index (χ1n) is 6.60. The zero-order chi connectivity index (χ0) is 14.8. The number of carbonyl (C=O) groups is 1. The highest BCUT2D eigenvalue weighted by molar-refractivity contribution is 6.07. The summed E-state index contributed by atoms with van der Waals surface area (Å²) in [6.07, 6.45) is 3.17. The highest BCUT2D eigenvalue weighted by atomic mass is 19.1. The lowest BCUT2D eigenvalue weighted by Crippen LogP contribution is -2.26.